The minimum absolute atomic E-state index is 0.535. The van der Waals surface area contributed by atoms with Gasteiger partial charge in [-0.15, -0.1) is 0 Å². The lowest BCUT2D eigenvalue weighted by molar-refractivity contribution is -0.131. The molecule has 0 saturated carbocycles. The van der Waals surface area contributed by atoms with E-state index in [1.807, 2.05) is 0 Å². The molecule has 0 atom stereocenters. The van der Waals surface area contributed by atoms with Crippen molar-refractivity contribution in [2.45, 2.75) is 0 Å². The van der Waals surface area contributed by atoms with Crippen LogP contribution in [0.1, 0.15) is 5.69 Å². The Morgan fingerprint density at radius 2 is 2.40 bits per heavy atom. The number of carboxylic acids is 1. The first-order valence-electron chi connectivity index (χ1n) is 4.21. The van der Waals surface area contributed by atoms with Gasteiger partial charge < -0.3 is 9.51 Å². The van der Waals surface area contributed by atoms with Crippen molar-refractivity contribution in [1.29, 1.82) is 0 Å². The molecule has 0 aromatic carbocycles. The first-order chi connectivity index (χ1) is 7.16. The second-order valence-corrected chi connectivity index (χ2v) is 3.33. The number of rotatable bonds is 2. The molecule has 2 aromatic heterocycles. The van der Waals surface area contributed by atoms with Gasteiger partial charge >= 0.3 is 5.97 Å². The van der Waals surface area contributed by atoms with E-state index in [1.54, 1.807) is 28.9 Å². The number of halogens is 1. The summed E-state index contributed by atoms with van der Waals surface area (Å²) in [5, 5.41) is 8.99. The Labute approximate surface area is 90.4 Å². The Morgan fingerprint density at radius 1 is 1.60 bits per heavy atom. The molecule has 2 rings (SSSR count). The normalized spacial score (nSPS) is 11.3. The monoisotopic (exact) mass is 222 g/mol. The average Bonchev–Trinajstić information content (AvgIpc) is 2.59. The number of imidazole rings is 1. The zero-order valence-corrected chi connectivity index (χ0v) is 8.35. The molecule has 0 aliphatic heterocycles. The Bertz CT molecular complexity index is 545. The van der Waals surface area contributed by atoms with Gasteiger partial charge in [0.1, 0.15) is 0 Å². The quantitative estimate of drug-likeness (QED) is 0.792. The van der Waals surface area contributed by atoms with Gasteiger partial charge in [-0.1, -0.05) is 11.6 Å². The van der Waals surface area contributed by atoms with E-state index in [1.165, 1.54) is 6.08 Å². The Balaban J connectivity index is 2.48. The lowest BCUT2D eigenvalue weighted by atomic mass is 10.4. The Hall–Kier alpha value is -1.81. The number of pyridine rings is 1. The van der Waals surface area contributed by atoms with Crippen molar-refractivity contribution in [1.82, 2.24) is 9.38 Å². The molecule has 0 aliphatic carbocycles. The highest BCUT2D eigenvalue weighted by molar-refractivity contribution is 6.33. The van der Waals surface area contributed by atoms with Gasteiger partial charge in [0.15, 0.2) is 5.65 Å². The van der Waals surface area contributed by atoms with E-state index < -0.39 is 5.97 Å². The van der Waals surface area contributed by atoms with Crippen LogP contribution in [0.5, 0.6) is 0 Å². The Kier molecular flexibility index (Phi) is 2.43. The Morgan fingerprint density at radius 3 is 3.07 bits per heavy atom. The highest BCUT2D eigenvalue weighted by Gasteiger charge is 2.02. The summed E-state index contributed by atoms with van der Waals surface area (Å²) in [4.78, 5) is 14.5. The van der Waals surface area contributed by atoms with Gasteiger partial charge in [-0.25, -0.2) is 9.78 Å². The van der Waals surface area contributed by atoms with E-state index in [2.05, 4.69) is 4.98 Å². The second-order valence-electron chi connectivity index (χ2n) is 2.92. The van der Waals surface area contributed by atoms with E-state index in [4.69, 9.17) is 16.7 Å². The van der Waals surface area contributed by atoms with Crippen LogP contribution in [-0.2, 0) is 4.79 Å². The third-order valence-corrected chi connectivity index (χ3v) is 2.15. The van der Waals surface area contributed by atoms with Crippen molar-refractivity contribution >= 4 is 29.3 Å². The predicted molar refractivity (Wildman–Crippen MR) is 56.9 cm³/mol. The van der Waals surface area contributed by atoms with Crippen molar-refractivity contribution in [3.8, 4) is 0 Å². The van der Waals surface area contributed by atoms with Crippen molar-refractivity contribution in [3.63, 3.8) is 0 Å². The van der Waals surface area contributed by atoms with Crippen molar-refractivity contribution in [2.24, 2.45) is 0 Å². The second kappa shape index (κ2) is 3.74. The molecule has 0 saturated heterocycles. The van der Waals surface area contributed by atoms with Gasteiger partial charge in [0, 0.05) is 18.5 Å². The number of nitrogens with zero attached hydrogens (tertiary/aromatic N) is 2. The molecule has 4 nitrogen and oxygen atoms in total. The number of fused-ring (bicyclic) bond motifs is 1. The first-order valence-corrected chi connectivity index (χ1v) is 4.59. The van der Waals surface area contributed by atoms with Gasteiger partial charge in [0.05, 0.1) is 10.7 Å². The van der Waals surface area contributed by atoms with E-state index in [0.717, 1.165) is 6.08 Å². The maximum atomic E-state index is 10.3. The van der Waals surface area contributed by atoms with Crippen LogP contribution in [0.15, 0.2) is 30.6 Å². The summed E-state index contributed by atoms with van der Waals surface area (Å²) in [5.41, 5.74) is 1.18. The number of carboxylic acid groups (broad SMARTS) is 1. The highest BCUT2D eigenvalue weighted by Crippen LogP contribution is 2.16. The van der Waals surface area contributed by atoms with Crippen LogP contribution in [0.25, 0.3) is 11.7 Å². The summed E-state index contributed by atoms with van der Waals surface area (Å²) in [6.45, 7) is 0. The SMILES string of the molecule is O=C(O)/C=C/c1cn2cccc(Cl)c2n1. The zero-order valence-electron chi connectivity index (χ0n) is 7.59. The van der Waals surface area contributed by atoms with Crippen LogP contribution < -0.4 is 0 Å². The van der Waals surface area contributed by atoms with Crippen molar-refractivity contribution in [2.75, 3.05) is 0 Å². The van der Waals surface area contributed by atoms with Crippen LogP contribution in [0.2, 0.25) is 5.02 Å². The highest BCUT2D eigenvalue weighted by atomic mass is 35.5. The van der Waals surface area contributed by atoms with E-state index in [0.29, 0.717) is 16.4 Å². The van der Waals surface area contributed by atoms with Crippen LogP contribution in [0.4, 0.5) is 0 Å². The summed E-state index contributed by atoms with van der Waals surface area (Å²) >= 11 is 5.91. The number of aromatic nitrogens is 2. The predicted octanol–water partition coefficient (Wildman–Crippen LogP) is 2.09. The molecular weight excluding hydrogens is 216 g/mol. The molecular formula is C10H7ClN2O2. The molecule has 0 fully saturated rings. The molecule has 0 radical (unpaired) electrons. The van der Waals surface area contributed by atoms with Gasteiger partial charge in [-0.3, -0.25) is 0 Å². The van der Waals surface area contributed by atoms with Gasteiger partial charge in [-0.05, 0) is 18.2 Å². The number of hydrogen-bond donors (Lipinski definition) is 1. The molecule has 5 heteroatoms. The summed E-state index contributed by atoms with van der Waals surface area (Å²) in [6.07, 6.45) is 5.97. The molecule has 0 aliphatic rings. The lowest BCUT2D eigenvalue weighted by Gasteiger charge is -1.92. The minimum Gasteiger partial charge on any atom is -0.478 e. The molecule has 1 N–H and O–H groups in total. The summed E-state index contributed by atoms with van der Waals surface area (Å²) in [5.74, 6) is -1.00. The van der Waals surface area contributed by atoms with Gasteiger partial charge in [-0.2, -0.15) is 0 Å². The van der Waals surface area contributed by atoms with Gasteiger partial charge in [0.25, 0.3) is 0 Å². The number of aliphatic carboxylic acids is 1. The van der Waals surface area contributed by atoms with Gasteiger partial charge in [0.2, 0.25) is 0 Å². The molecule has 2 heterocycles. The average molecular weight is 223 g/mol. The topological polar surface area (TPSA) is 54.6 Å². The first kappa shape index (κ1) is 9.73. The fourth-order valence-electron chi connectivity index (χ4n) is 1.23. The molecule has 0 bridgehead atoms. The third-order valence-electron chi connectivity index (χ3n) is 1.85. The number of carbonyl (C=O) groups is 1. The van der Waals surface area contributed by atoms with E-state index >= 15 is 0 Å². The standard InChI is InChI=1S/C10H7ClN2O2/c11-8-2-1-5-13-6-7(12-10(8)13)3-4-9(14)15/h1-6H,(H,14,15)/b4-3+. The molecule has 0 unspecified atom stereocenters. The molecule has 76 valence electrons. The number of hydrogen-bond acceptors (Lipinski definition) is 2. The fourth-order valence-corrected chi connectivity index (χ4v) is 1.45. The van der Waals surface area contributed by atoms with Crippen molar-refractivity contribution < 1.29 is 9.90 Å². The van der Waals surface area contributed by atoms with Crippen molar-refractivity contribution in [3.05, 3.63) is 41.3 Å². The summed E-state index contributed by atoms with van der Waals surface area (Å²) in [7, 11) is 0. The smallest absolute Gasteiger partial charge is 0.328 e. The third kappa shape index (κ3) is 1.99. The van der Waals surface area contributed by atoms with Crippen LogP contribution >= 0.6 is 11.6 Å². The zero-order chi connectivity index (χ0) is 10.8. The van der Waals surface area contributed by atoms with E-state index in [9.17, 15) is 4.79 Å². The van der Waals surface area contributed by atoms with Crippen LogP contribution in [-0.4, -0.2) is 20.5 Å². The maximum Gasteiger partial charge on any atom is 0.328 e. The lowest BCUT2D eigenvalue weighted by Crippen LogP contribution is -1.85. The molecule has 2 aromatic rings. The minimum atomic E-state index is -1.00. The van der Waals surface area contributed by atoms with Crippen LogP contribution in [0, 0.1) is 0 Å². The summed E-state index contributed by atoms with van der Waals surface area (Å²) in [6, 6.07) is 3.52. The molecule has 0 spiro atoms. The summed E-state index contributed by atoms with van der Waals surface area (Å²) < 4.78 is 1.74. The maximum absolute atomic E-state index is 10.3. The van der Waals surface area contributed by atoms with E-state index in [-0.39, 0.29) is 0 Å². The fraction of sp³-hybridized carbons (Fsp3) is 0. The largest absolute Gasteiger partial charge is 0.478 e. The molecule has 15 heavy (non-hydrogen) atoms. The molecule has 0 amide bonds. The van der Waals surface area contributed by atoms with Crippen LogP contribution in [0.3, 0.4) is 0 Å².